The fraction of sp³-hybridized carbons (Fsp3) is 0.429. The summed E-state index contributed by atoms with van der Waals surface area (Å²) in [6, 6.07) is 6.83. The Balaban J connectivity index is 3.21. The smallest absolute Gasteiger partial charge is 0.0196 e. The predicted molar refractivity (Wildman–Crippen MR) is 64.5 cm³/mol. The lowest BCUT2D eigenvalue weighted by molar-refractivity contribution is 1.09. The highest BCUT2D eigenvalue weighted by atomic mass is 14.1. The van der Waals surface area contributed by atoms with Crippen molar-refractivity contribution in [1.82, 2.24) is 0 Å². The molecule has 0 amide bonds. The summed E-state index contributed by atoms with van der Waals surface area (Å²) in [5, 5.41) is 0. The van der Waals surface area contributed by atoms with Crippen molar-refractivity contribution in [2.45, 2.75) is 40.5 Å². The molecule has 76 valence electrons. The third kappa shape index (κ3) is 2.25. The van der Waals surface area contributed by atoms with E-state index in [1.54, 1.807) is 0 Å². The second-order valence-corrected chi connectivity index (χ2v) is 3.67. The van der Waals surface area contributed by atoms with E-state index in [9.17, 15) is 0 Å². The van der Waals surface area contributed by atoms with Crippen molar-refractivity contribution >= 4 is 5.57 Å². The third-order valence-corrected chi connectivity index (χ3v) is 2.82. The van der Waals surface area contributed by atoms with Crippen LogP contribution in [0.1, 0.15) is 44.4 Å². The summed E-state index contributed by atoms with van der Waals surface area (Å²) in [7, 11) is 0. The van der Waals surface area contributed by atoms with E-state index in [0.717, 1.165) is 12.8 Å². The van der Waals surface area contributed by atoms with Gasteiger partial charge in [0.1, 0.15) is 0 Å². The van der Waals surface area contributed by atoms with Gasteiger partial charge in [-0.2, -0.15) is 0 Å². The Morgan fingerprint density at radius 2 is 1.93 bits per heavy atom. The molecule has 14 heavy (non-hydrogen) atoms. The molecule has 0 spiro atoms. The van der Waals surface area contributed by atoms with E-state index in [4.69, 9.17) is 0 Å². The average molecular weight is 188 g/mol. The minimum Gasteiger partial charge on any atom is -0.0841 e. The van der Waals surface area contributed by atoms with E-state index in [0.29, 0.717) is 0 Å². The van der Waals surface area contributed by atoms with Crippen molar-refractivity contribution in [3.05, 3.63) is 41.0 Å². The molecule has 0 aliphatic carbocycles. The van der Waals surface area contributed by atoms with Gasteiger partial charge >= 0.3 is 0 Å². The second kappa shape index (κ2) is 4.99. The molecule has 0 heterocycles. The molecule has 1 aromatic rings. The van der Waals surface area contributed by atoms with Gasteiger partial charge in [-0.15, -0.1) is 0 Å². The Morgan fingerprint density at radius 1 is 1.21 bits per heavy atom. The Kier molecular flexibility index (Phi) is 3.94. The maximum atomic E-state index is 2.33. The second-order valence-electron chi connectivity index (χ2n) is 3.67. The van der Waals surface area contributed by atoms with Crippen molar-refractivity contribution in [3.8, 4) is 0 Å². The van der Waals surface area contributed by atoms with E-state index < -0.39 is 0 Å². The fourth-order valence-electron chi connectivity index (χ4n) is 1.67. The van der Waals surface area contributed by atoms with Crippen LogP contribution in [-0.4, -0.2) is 0 Å². The van der Waals surface area contributed by atoms with Gasteiger partial charge < -0.3 is 0 Å². The molecule has 0 nitrogen and oxygen atoms in total. The molecule has 0 unspecified atom stereocenters. The van der Waals surface area contributed by atoms with Crippen LogP contribution in [0, 0.1) is 0 Å². The van der Waals surface area contributed by atoms with E-state index >= 15 is 0 Å². The molecular weight excluding hydrogens is 168 g/mol. The van der Waals surface area contributed by atoms with Crippen molar-refractivity contribution in [1.29, 1.82) is 0 Å². The quantitative estimate of drug-likeness (QED) is 0.665. The van der Waals surface area contributed by atoms with Gasteiger partial charge in [-0.1, -0.05) is 38.1 Å². The van der Waals surface area contributed by atoms with Crippen LogP contribution in [0.5, 0.6) is 0 Å². The number of hydrogen-bond acceptors (Lipinski definition) is 0. The van der Waals surface area contributed by atoms with Crippen molar-refractivity contribution in [3.63, 3.8) is 0 Å². The summed E-state index contributed by atoms with van der Waals surface area (Å²) in [6.07, 6.45) is 4.42. The number of allylic oxidation sites excluding steroid dienone is 2. The topological polar surface area (TPSA) is 0 Å². The third-order valence-electron chi connectivity index (χ3n) is 2.82. The van der Waals surface area contributed by atoms with Crippen molar-refractivity contribution in [2.24, 2.45) is 0 Å². The van der Waals surface area contributed by atoms with Crippen LogP contribution >= 0.6 is 0 Å². The average Bonchev–Trinajstić information content (AvgIpc) is 2.27. The van der Waals surface area contributed by atoms with Crippen LogP contribution in [0.2, 0.25) is 0 Å². The zero-order valence-electron chi connectivity index (χ0n) is 9.72. The number of rotatable bonds is 3. The number of benzene rings is 1. The molecule has 1 rings (SSSR count). The van der Waals surface area contributed by atoms with Crippen LogP contribution in [0.3, 0.4) is 0 Å². The minimum atomic E-state index is 1.12. The standard InChI is InChI=1S/C14H20/c1-5-11(4)14-10-12(6-2)8-9-13(14)7-3/h5,8-10H,6-7H2,1-4H3/b11-5-. The summed E-state index contributed by atoms with van der Waals surface area (Å²) >= 11 is 0. The van der Waals surface area contributed by atoms with Gasteiger partial charge in [-0.05, 0) is 49.0 Å². The van der Waals surface area contributed by atoms with Crippen LogP contribution < -0.4 is 0 Å². The Labute approximate surface area is 87.7 Å². The zero-order valence-corrected chi connectivity index (χ0v) is 9.72. The normalized spacial score (nSPS) is 11.9. The highest BCUT2D eigenvalue weighted by Gasteiger charge is 2.02. The van der Waals surface area contributed by atoms with Crippen LogP contribution in [0.25, 0.3) is 5.57 Å². The van der Waals surface area contributed by atoms with Gasteiger partial charge in [0.05, 0.1) is 0 Å². The molecule has 0 aliphatic rings. The molecule has 0 radical (unpaired) electrons. The zero-order chi connectivity index (χ0) is 10.6. The SMILES string of the molecule is C/C=C(/C)c1cc(CC)ccc1CC. The lowest BCUT2D eigenvalue weighted by Crippen LogP contribution is -1.92. The molecule has 0 N–H and O–H groups in total. The number of aryl methyl sites for hydroxylation is 2. The van der Waals surface area contributed by atoms with E-state index in [2.05, 4.69) is 52.0 Å². The minimum absolute atomic E-state index is 1.12. The largest absolute Gasteiger partial charge is 0.0841 e. The van der Waals surface area contributed by atoms with E-state index in [1.165, 1.54) is 22.3 Å². The van der Waals surface area contributed by atoms with Crippen molar-refractivity contribution in [2.75, 3.05) is 0 Å². The summed E-state index contributed by atoms with van der Waals surface area (Å²) in [5.41, 5.74) is 5.70. The monoisotopic (exact) mass is 188 g/mol. The summed E-state index contributed by atoms with van der Waals surface area (Å²) in [4.78, 5) is 0. The first-order chi connectivity index (χ1) is 6.72. The van der Waals surface area contributed by atoms with Gasteiger partial charge in [0.2, 0.25) is 0 Å². The maximum Gasteiger partial charge on any atom is -0.0196 e. The highest BCUT2D eigenvalue weighted by molar-refractivity contribution is 5.67. The Bertz CT molecular complexity index is 332. The molecule has 0 fully saturated rings. The lowest BCUT2D eigenvalue weighted by atomic mass is 9.96. The molecule has 0 saturated carbocycles. The van der Waals surface area contributed by atoms with Crippen LogP contribution in [0.4, 0.5) is 0 Å². The van der Waals surface area contributed by atoms with Gasteiger partial charge in [0.25, 0.3) is 0 Å². The van der Waals surface area contributed by atoms with Gasteiger partial charge in [-0.25, -0.2) is 0 Å². The first kappa shape index (κ1) is 11.0. The van der Waals surface area contributed by atoms with Crippen LogP contribution in [-0.2, 0) is 12.8 Å². The molecule has 0 bridgehead atoms. The van der Waals surface area contributed by atoms with Crippen LogP contribution in [0.15, 0.2) is 24.3 Å². The lowest BCUT2D eigenvalue weighted by Gasteiger charge is -2.10. The molecule has 0 aliphatic heterocycles. The fourth-order valence-corrected chi connectivity index (χ4v) is 1.67. The van der Waals surface area contributed by atoms with E-state index in [-0.39, 0.29) is 0 Å². The first-order valence-electron chi connectivity index (χ1n) is 5.48. The molecule has 1 aromatic carbocycles. The molecule has 0 atom stereocenters. The molecule has 0 aromatic heterocycles. The summed E-state index contributed by atoms with van der Waals surface area (Å²) < 4.78 is 0. The number of hydrogen-bond donors (Lipinski definition) is 0. The van der Waals surface area contributed by atoms with Gasteiger partial charge in [-0.3, -0.25) is 0 Å². The predicted octanol–water partition coefficient (Wildman–Crippen LogP) is 4.23. The Hall–Kier alpha value is -1.04. The summed E-state index contributed by atoms with van der Waals surface area (Å²) in [5.74, 6) is 0. The first-order valence-corrected chi connectivity index (χ1v) is 5.48. The van der Waals surface area contributed by atoms with Gasteiger partial charge in [0.15, 0.2) is 0 Å². The van der Waals surface area contributed by atoms with Gasteiger partial charge in [0, 0.05) is 0 Å². The molecular formula is C14H20. The van der Waals surface area contributed by atoms with Crippen molar-refractivity contribution < 1.29 is 0 Å². The molecule has 0 heteroatoms. The highest BCUT2D eigenvalue weighted by Crippen LogP contribution is 2.21. The Morgan fingerprint density at radius 3 is 2.43 bits per heavy atom. The van der Waals surface area contributed by atoms with E-state index in [1.807, 2.05) is 0 Å². The molecule has 0 saturated heterocycles. The summed E-state index contributed by atoms with van der Waals surface area (Å²) in [6.45, 7) is 8.71. The maximum absolute atomic E-state index is 2.33.